The van der Waals surface area contributed by atoms with Gasteiger partial charge in [-0.15, -0.1) is 10.2 Å². The van der Waals surface area contributed by atoms with Gasteiger partial charge in [-0.2, -0.15) is 13.2 Å². The van der Waals surface area contributed by atoms with Crippen molar-refractivity contribution in [1.29, 1.82) is 0 Å². The van der Waals surface area contributed by atoms with Crippen molar-refractivity contribution in [2.75, 3.05) is 23.7 Å². The third-order valence-electron chi connectivity index (χ3n) is 4.94. The SMILES string of the molecule is CCN(CCCS(=O)(=O)[O-])c1ccc(N=Nc2nc(C(F)(F)F)nc3ccc(S(=O)(=O)[O-])cc23)c(Cl)c1.[Na+].[Na+]. The predicted molar refractivity (Wildman–Crippen MR) is 125 cm³/mol. The van der Waals surface area contributed by atoms with E-state index in [1.165, 1.54) is 12.1 Å². The normalized spacial score (nSPS) is 12.3. The van der Waals surface area contributed by atoms with Crippen molar-refractivity contribution >= 4 is 59.9 Å². The number of rotatable bonds is 9. The fraction of sp³-hybridized carbons (Fsp3) is 0.300. The first kappa shape index (κ1) is 36.1. The zero-order valence-electron chi connectivity index (χ0n) is 20.8. The summed E-state index contributed by atoms with van der Waals surface area (Å²) in [4.78, 5) is 7.72. The number of fused-ring (bicyclic) bond motifs is 1. The van der Waals surface area contributed by atoms with E-state index in [0.29, 0.717) is 12.2 Å². The van der Waals surface area contributed by atoms with E-state index in [4.69, 9.17) is 11.6 Å². The summed E-state index contributed by atoms with van der Waals surface area (Å²) in [6.07, 6.45) is -4.86. The van der Waals surface area contributed by atoms with Gasteiger partial charge in [0.2, 0.25) is 5.82 Å². The van der Waals surface area contributed by atoms with Crippen LogP contribution in [0.5, 0.6) is 0 Å². The van der Waals surface area contributed by atoms with Crippen LogP contribution < -0.4 is 64.0 Å². The third-order valence-corrected chi connectivity index (χ3v) is 6.86. The Hall–Kier alpha value is -0.920. The first-order chi connectivity index (χ1) is 17.1. The number of hydrogen-bond donors (Lipinski definition) is 0. The number of azo groups is 1. The second-order valence-electron chi connectivity index (χ2n) is 7.53. The Morgan fingerprint density at radius 3 is 2.21 bits per heavy atom. The van der Waals surface area contributed by atoms with E-state index in [2.05, 4.69) is 20.2 Å². The minimum absolute atomic E-state index is 0. The molecular weight excluding hydrogens is 609 g/mol. The molecule has 3 aromatic rings. The van der Waals surface area contributed by atoms with Gasteiger partial charge in [0, 0.05) is 29.9 Å². The maximum atomic E-state index is 13.3. The summed E-state index contributed by atoms with van der Waals surface area (Å²) < 4.78 is 106. The van der Waals surface area contributed by atoms with E-state index < -0.39 is 48.7 Å². The largest absolute Gasteiger partial charge is 1.00 e. The Kier molecular flexibility index (Phi) is 13.2. The van der Waals surface area contributed by atoms with Gasteiger partial charge in [0.15, 0.2) is 5.82 Å². The predicted octanol–water partition coefficient (Wildman–Crippen LogP) is -1.61. The molecule has 0 saturated heterocycles. The van der Waals surface area contributed by atoms with Crippen LogP contribution in [0, 0.1) is 0 Å². The fourth-order valence-electron chi connectivity index (χ4n) is 3.23. The third kappa shape index (κ3) is 10.1. The van der Waals surface area contributed by atoms with Crippen LogP contribution in [0.2, 0.25) is 5.02 Å². The number of alkyl halides is 3. The molecule has 0 spiro atoms. The van der Waals surface area contributed by atoms with Crippen LogP contribution in [0.4, 0.5) is 30.4 Å². The van der Waals surface area contributed by atoms with Crippen LogP contribution in [0.3, 0.4) is 0 Å². The zero-order valence-corrected chi connectivity index (χ0v) is 27.2. The molecule has 0 aliphatic heterocycles. The van der Waals surface area contributed by atoms with Crippen LogP contribution in [0.1, 0.15) is 19.2 Å². The van der Waals surface area contributed by atoms with Crippen LogP contribution in [-0.2, 0) is 26.4 Å². The number of halogens is 4. The molecule has 200 valence electrons. The topological polar surface area (TPSA) is 168 Å². The van der Waals surface area contributed by atoms with Crippen molar-refractivity contribution in [2.24, 2.45) is 10.2 Å². The Labute approximate surface area is 271 Å². The van der Waals surface area contributed by atoms with Gasteiger partial charge in [-0.3, -0.25) is 0 Å². The van der Waals surface area contributed by atoms with Crippen LogP contribution in [-0.4, -0.2) is 54.8 Å². The van der Waals surface area contributed by atoms with Crippen molar-refractivity contribution in [2.45, 2.75) is 24.4 Å². The molecule has 0 atom stereocenters. The molecule has 0 saturated carbocycles. The Morgan fingerprint density at radius 2 is 1.67 bits per heavy atom. The number of hydrogen-bond acceptors (Lipinski definition) is 11. The van der Waals surface area contributed by atoms with Crippen LogP contribution >= 0.6 is 11.6 Å². The van der Waals surface area contributed by atoms with Gasteiger partial charge in [-0.25, -0.2) is 26.8 Å². The van der Waals surface area contributed by atoms with Gasteiger partial charge in [-0.1, -0.05) is 11.6 Å². The molecule has 0 fully saturated rings. The molecule has 11 nitrogen and oxygen atoms in total. The van der Waals surface area contributed by atoms with E-state index in [1.807, 2.05) is 0 Å². The molecule has 0 unspecified atom stereocenters. The minimum atomic E-state index is -4.95. The summed E-state index contributed by atoms with van der Waals surface area (Å²) in [5.41, 5.74) is 0.271. The van der Waals surface area contributed by atoms with Gasteiger partial charge in [0.05, 0.1) is 25.6 Å². The minimum Gasteiger partial charge on any atom is -0.748 e. The van der Waals surface area contributed by atoms with Gasteiger partial charge >= 0.3 is 65.3 Å². The number of aromatic nitrogens is 2. The molecule has 19 heteroatoms. The van der Waals surface area contributed by atoms with E-state index in [1.54, 1.807) is 17.9 Å². The maximum Gasteiger partial charge on any atom is 1.00 e. The van der Waals surface area contributed by atoms with Crippen molar-refractivity contribution in [1.82, 2.24) is 9.97 Å². The molecule has 0 radical (unpaired) electrons. The van der Waals surface area contributed by atoms with Gasteiger partial charge in [0.1, 0.15) is 15.8 Å². The smallest absolute Gasteiger partial charge is 0.748 e. The van der Waals surface area contributed by atoms with Crippen molar-refractivity contribution in [3.8, 4) is 0 Å². The molecule has 0 aliphatic carbocycles. The quantitative estimate of drug-likeness (QED) is 0.154. The molecule has 39 heavy (non-hydrogen) atoms. The summed E-state index contributed by atoms with van der Waals surface area (Å²) in [6.45, 7) is 2.49. The van der Waals surface area contributed by atoms with Crippen molar-refractivity contribution in [3.63, 3.8) is 0 Å². The molecule has 0 amide bonds. The Morgan fingerprint density at radius 1 is 1.00 bits per heavy atom. The summed E-state index contributed by atoms with van der Waals surface area (Å²) in [7, 11) is -9.29. The first-order valence-corrected chi connectivity index (χ1v) is 13.7. The molecule has 1 heterocycles. The van der Waals surface area contributed by atoms with Crippen LogP contribution in [0.15, 0.2) is 51.5 Å². The van der Waals surface area contributed by atoms with E-state index in [9.17, 15) is 39.1 Å². The summed E-state index contributed by atoms with van der Waals surface area (Å²) >= 11 is 6.25. The molecular formula is C20H17ClF3N5Na2O6S2. The average Bonchev–Trinajstić information content (AvgIpc) is 2.78. The molecule has 2 aromatic carbocycles. The summed E-state index contributed by atoms with van der Waals surface area (Å²) in [5, 5.41) is 7.32. The number of anilines is 1. The van der Waals surface area contributed by atoms with E-state index in [0.717, 1.165) is 18.2 Å². The zero-order chi connectivity index (χ0) is 27.6. The van der Waals surface area contributed by atoms with Crippen LogP contribution in [0.25, 0.3) is 10.9 Å². The molecule has 3 rings (SSSR count). The van der Waals surface area contributed by atoms with Gasteiger partial charge in [-0.05, 0) is 49.7 Å². The van der Waals surface area contributed by atoms with Gasteiger partial charge in [0.25, 0.3) is 0 Å². The molecule has 1 aromatic heterocycles. The summed E-state index contributed by atoms with van der Waals surface area (Å²) in [5.74, 6) is -2.73. The van der Waals surface area contributed by atoms with Gasteiger partial charge < -0.3 is 14.0 Å². The second kappa shape index (κ2) is 14.3. The molecule has 0 bridgehead atoms. The average molecular weight is 626 g/mol. The number of benzene rings is 2. The monoisotopic (exact) mass is 625 g/mol. The van der Waals surface area contributed by atoms with Crippen molar-refractivity contribution < 1.29 is 98.2 Å². The maximum absolute atomic E-state index is 13.3. The Bertz CT molecular complexity index is 1580. The van der Waals surface area contributed by atoms with Crippen molar-refractivity contribution in [3.05, 3.63) is 47.2 Å². The summed E-state index contributed by atoms with van der Waals surface area (Å²) in [6, 6.07) is 6.96. The molecule has 0 aliphatic rings. The standard InChI is InChI=1S/C20H19ClF3N5O6S2.2Na/c1-2-29(8-3-9-36(30,31)32)12-4-6-17(15(21)10-12)27-28-18-14-11-13(37(33,34)35)5-7-16(14)25-19(26-18)20(22,23)24;;/h4-7,10-11H,2-3,8-9H2,1H3,(H,30,31,32)(H,33,34,35);;/q;2*+1/p-2. The van der Waals surface area contributed by atoms with E-state index in [-0.39, 0.29) is 93.7 Å². The first-order valence-electron chi connectivity index (χ1n) is 10.3. The second-order valence-corrected chi connectivity index (χ2v) is 10.8. The van der Waals surface area contributed by atoms with E-state index >= 15 is 0 Å². The Balaban J connectivity index is 0.00000380. The molecule has 0 N–H and O–H groups in total. The number of nitrogens with zero attached hydrogens (tertiary/aromatic N) is 5. The fourth-order valence-corrected chi connectivity index (χ4v) is 4.42.